The smallest absolute Gasteiger partial charge is 0.272 e. The van der Waals surface area contributed by atoms with Crippen molar-refractivity contribution in [3.05, 3.63) is 17.5 Å². The third-order valence-corrected chi connectivity index (χ3v) is 4.24. The Morgan fingerprint density at radius 1 is 1.38 bits per heavy atom. The number of carbonyl (C=O) groups excluding carboxylic acids is 2. The second-order valence-corrected chi connectivity index (χ2v) is 7.06. The van der Waals surface area contributed by atoms with Gasteiger partial charge in [-0.3, -0.25) is 14.3 Å². The SMILES string of the molecule is CCn1nc(C(C)C)cc1C(=O)N1C[C@@H](N)C[C@H]1C(=O)NC(C)C. The summed E-state index contributed by atoms with van der Waals surface area (Å²) in [5.41, 5.74) is 7.43. The average molecular weight is 335 g/mol. The molecule has 3 N–H and O–H groups in total. The molecule has 2 rings (SSSR count). The van der Waals surface area contributed by atoms with Crippen LogP contribution in [-0.4, -0.2) is 51.2 Å². The van der Waals surface area contributed by atoms with Crippen LogP contribution >= 0.6 is 0 Å². The molecule has 1 saturated heterocycles. The zero-order valence-corrected chi connectivity index (χ0v) is 15.2. The van der Waals surface area contributed by atoms with E-state index in [4.69, 9.17) is 5.73 Å². The summed E-state index contributed by atoms with van der Waals surface area (Å²) in [5.74, 6) is -0.0729. The van der Waals surface area contributed by atoms with Crippen LogP contribution in [0.5, 0.6) is 0 Å². The highest BCUT2D eigenvalue weighted by Gasteiger charge is 2.39. The Labute approximate surface area is 143 Å². The van der Waals surface area contributed by atoms with Gasteiger partial charge in [-0.25, -0.2) is 0 Å². The van der Waals surface area contributed by atoms with Crippen molar-refractivity contribution in [3.63, 3.8) is 0 Å². The maximum atomic E-state index is 13.0. The number of carbonyl (C=O) groups is 2. The number of aromatic nitrogens is 2. The zero-order chi connectivity index (χ0) is 18.0. The quantitative estimate of drug-likeness (QED) is 0.842. The highest BCUT2D eigenvalue weighted by molar-refractivity contribution is 5.97. The van der Waals surface area contributed by atoms with E-state index in [0.717, 1.165) is 5.69 Å². The summed E-state index contributed by atoms with van der Waals surface area (Å²) in [6.45, 7) is 10.8. The molecular formula is C17H29N5O2. The molecule has 2 heterocycles. The topological polar surface area (TPSA) is 93.2 Å². The molecule has 1 aliphatic rings. The number of nitrogens with zero attached hydrogens (tertiary/aromatic N) is 3. The van der Waals surface area contributed by atoms with Crippen LogP contribution in [0.3, 0.4) is 0 Å². The Balaban J connectivity index is 2.28. The van der Waals surface area contributed by atoms with Gasteiger partial charge in [0.1, 0.15) is 11.7 Å². The van der Waals surface area contributed by atoms with E-state index in [0.29, 0.717) is 25.2 Å². The molecule has 0 aromatic carbocycles. The van der Waals surface area contributed by atoms with E-state index < -0.39 is 6.04 Å². The summed E-state index contributed by atoms with van der Waals surface area (Å²) in [7, 11) is 0. The molecule has 1 aliphatic heterocycles. The van der Waals surface area contributed by atoms with Crippen LogP contribution in [0.2, 0.25) is 0 Å². The fraction of sp³-hybridized carbons (Fsp3) is 0.706. The van der Waals surface area contributed by atoms with Crippen molar-refractivity contribution in [2.24, 2.45) is 5.73 Å². The molecule has 24 heavy (non-hydrogen) atoms. The van der Waals surface area contributed by atoms with Crippen molar-refractivity contribution in [3.8, 4) is 0 Å². The highest BCUT2D eigenvalue weighted by atomic mass is 16.2. The molecule has 0 bridgehead atoms. The third kappa shape index (κ3) is 3.77. The normalized spacial score (nSPS) is 20.9. The van der Waals surface area contributed by atoms with Crippen LogP contribution in [0.1, 0.15) is 63.1 Å². The van der Waals surface area contributed by atoms with E-state index in [9.17, 15) is 9.59 Å². The Kier molecular flexibility index (Phi) is 5.64. The summed E-state index contributed by atoms with van der Waals surface area (Å²) in [5, 5.41) is 7.38. The van der Waals surface area contributed by atoms with Gasteiger partial charge in [-0.05, 0) is 39.2 Å². The van der Waals surface area contributed by atoms with E-state index >= 15 is 0 Å². The molecule has 0 aliphatic carbocycles. The number of hydrogen-bond donors (Lipinski definition) is 2. The average Bonchev–Trinajstić information content (AvgIpc) is 3.09. The number of nitrogens with one attached hydrogen (secondary N) is 1. The first-order valence-electron chi connectivity index (χ1n) is 8.69. The molecule has 1 aromatic rings. The lowest BCUT2D eigenvalue weighted by atomic mass is 10.1. The molecule has 0 unspecified atom stereocenters. The lowest BCUT2D eigenvalue weighted by Crippen LogP contribution is -2.48. The van der Waals surface area contributed by atoms with Crippen LogP contribution in [0.15, 0.2) is 6.07 Å². The number of hydrogen-bond acceptors (Lipinski definition) is 4. The maximum absolute atomic E-state index is 13.0. The molecule has 0 spiro atoms. The van der Waals surface area contributed by atoms with Crippen LogP contribution < -0.4 is 11.1 Å². The van der Waals surface area contributed by atoms with E-state index in [1.807, 2.05) is 40.7 Å². The van der Waals surface area contributed by atoms with E-state index in [-0.39, 0.29) is 29.8 Å². The summed E-state index contributed by atoms with van der Waals surface area (Å²) < 4.78 is 1.71. The molecular weight excluding hydrogens is 306 g/mol. The lowest BCUT2D eigenvalue weighted by Gasteiger charge is -2.24. The van der Waals surface area contributed by atoms with Crippen molar-refractivity contribution < 1.29 is 9.59 Å². The van der Waals surface area contributed by atoms with Crippen LogP contribution in [0.4, 0.5) is 0 Å². The maximum Gasteiger partial charge on any atom is 0.272 e. The van der Waals surface area contributed by atoms with Gasteiger partial charge in [-0.2, -0.15) is 5.10 Å². The molecule has 0 saturated carbocycles. The van der Waals surface area contributed by atoms with Gasteiger partial charge in [0.25, 0.3) is 5.91 Å². The first-order chi connectivity index (χ1) is 11.2. The van der Waals surface area contributed by atoms with Gasteiger partial charge < -0.3 is 16.0 Å². The molecule has 2 amide bonds. The molecule has 1 fully saturated rings. The third-order valence-electron chi connectivity index (χ3n) is 4.24. The van der Waals surface area contributed by atoms with Gasteiger partial charge in [0, 0.05) is 25.2 Å². The fourth-order valence-electron chi connectivity index (χ4n) is 3.00. The van der Waals surface area contributed by atoms with Gasteiger partial charge in [0.2, 0.25) is 5.91 Å². The lowest BCUT2D eigenvalue weighted by molar-refractivity contribution is -0.125. The second-order valence-electron chi connectivity index (χ2n) is 7.06. The minimum absolute atomic E-state index is 0.0278. The van der Waals surface area contributed by atoms with Crippen molar-refractivity contribution in [2.45, 2.75) is 71.6 Å². The number of likely N-dealkylation sites (tertiary alicyclic amines) is 1. The Morgan fingerprint density at radius 3 is 2.58 bits per heavy atom. The number of nitrogens with two attached hydrogens (primary N) is 1. The van der Waals surface area contributed by atoms with E-state index in [2.05, 4.69) is 10.4 Å². The predicted octanol–water partition coefficient (Wildman–Crippen LogP) is 1.09. The molecule has 1 aromatic heterocycles. The molecule has 7 heteroatoms. The largest absolute Gasteiger partial charge is 0.352 e. The minimum atomic E-state index is -0.516. The second kappa shape index (κ2) is 7.34. The zero-order valence-electron chi connectivity index (χ0n) is 15.2. The van der Waals surface area contributed by atoms with Crippen molar-refractivity contribution in [2.75, 3.05) is 6.54 Å². The van der Waals surface area contributed by atoms with Gasteiger partial charge in [-0.15, -0.1) is 0 Å². The standard InChI is InChI=1S/C17H29N5O2/c1-6-22-15(8-13(20-22)10(2)3)17(24)21-9-12(18)7-14(21)16(23)19-11(4)5/h8,10-12,14H,6-7,9,18H2,1-5H3,(H,19,23)/t12-,14-/m0/s1. The Morgan fingerprint density at radius 2 is 2.04 bits per heavy atom. The van der Waals surface area contributed by atoms with Crippen LogP contribution in [0.25, 0.3) is 0 Å². The van der Waals surface area contributed by atoms with Gasteiger partial charge in [-0.1, -0.05) is 13.8 Å². The Bertz CT molecular complexity index is 608. The summed E-state index contributed by atoms with van der Waals surface area (Å²) in [6, 6.07) is 1.16. The number of aryl methyl sites for hydroxylation is 1. The monoisotopic (exact) mass is 335 g/mol. The van der Waals surface area contributed by atoms with Crippen molar-refractivity contribution >= 4 is 11.8 Å². The molecule has 7 nitrogen and oxygen atoms in total. The summed E-state index contributed by atoms with van der Waals surface area (Å²) in [6.07, 6.45) is 0.488. The molecule has 134 valence electrons. The van der Waals surface area contributed by atoms with E-state index in [1.54, 1.807) is 9.58 Å². The van der Waals surface area contributed by atoms with Crippen LogP contribution in [-0.2, 0) is 11.3 Å². The Hall–Kier alpha value is -1.89. The number of rotatable bonds is 5. The van der Waals surface area contributed by atoms with E-state index in [1.165, 1.54) is 0 Å². The first kappa shape index (κ1) is 18.4. The minimum Gasteiger partial charge on any atom is -0.352 e. The first-order valence-corrected chi connectivity index (χ1v) is 8.69. The van der Waals surface area contributed by atoms with Crippen LogP contribution in [0, 0.1) is 0 Å². The highest BCUT2D eigenvalue weighted by Crippen LogP contribution is 2.22. The summed E-state index contributed by atoms with van der Waals surface area (Å²) >= 11 is 0. The number of amides is 2. The van der Waals surface area contributed by atoms with Crippen molar-refractivity contribution in [1.29, 1.82) is 0 Å². The van der Waals surface area contributed by atoms with Crippen molar-refractivity contribution in [1.82, 2.24) is 20.0 Å². The fourth-order valence-corrected chi connectivity index (χ4v) is 3.00. The summed E-state index contributed by atoms with van der Waals surface area (Å²) in [4.78, 5) is 27.1. The van der Waals surface area contributed by atoms with Gasteiger partial charge in [0.15, 0.2) is 0 Å². The predicted molar refractivity (Wildman–Crippen MR) is 92.7 cm³/mol. The van der Waals surface area contributed by atoms with Gasteiger partial charge >= 0.3 is 0 Å². The van der Waals surface area contributed by atoms with Gasteiger partial charge in [0.05, 0.1) is 5.69 Å². The molecule has 2 atom stereocenters. The molecule has 0 radical (unpaired) electrons.